The molecule has 1 rings (SSSR count). The SMILES string of the molecule is C=CC/C=C1/CCNCC/C1=C/CO. The predicted octanol–water partition coefficient (Wildman–Crippen LogP) is 1.79. The van der Waals surface area contributed by atoms with Crippen LogP contribution < -0.4 is 5.32 Å². The van der Waals surface area contributed by atoms with Gasteiger partial charge < -0.3 is 10.4 Å². The Morgan fingerprint density at radius 3 is 2.43 bits per heavy atom. The molecule has 0 unspecified atom stereocenters. The number of aliphatic hydroxyl groups excluding tert-OH is 1. The molecule has 0 spiro atoms. The van der Waals surface area contributed by atoms with E-state index in [4.69, 9.17) is 5.11 Å². The van der Waals surface area contributed by atoms with Gasteiger partial charge in [0.2, 0.25) is 0 Å². The Morgan fingerprint density at radius 1 is 1.21 bits per heavy atom. The average Bonchev–Trinajstić information content (AvgIpc) is 2.41. The summed E-state index contributed by atoms with van der Waals surface area (Å²) in [7, 11) is 0. The second-order valence-electron chi connectivity index (χ2n) is 3.42. The second kappa shape index (κ2) is 6.57. The Bertz CT molecular complexity index is 241. The summed E-state index contributed by atoms with van der Waals surface area (Å²) in [4.78, 5) is 0. The first-order valence-electron chi connectivity index (χ1n) is 5.19. The molecule has 0 aliphatic carbocycles. The Hall–Kier alpha value is -0.860. The molecule has 0 saturated carbocycles. The number of hydrogen-bond acceptors (Lipinski definition) is 2. The molecule has 0 atom stereocenters. The maximum atomic E-state index is 8.91. The monoisotopic (exact) mass is 193 g/mol. The van der Waals surface area contributed by atoms with Gasteiger partial charge in [-0.2, -0.15) is 0 Å². The smallest absolute Gasteiger partial charge is 0.0618 e. The molecule has 1 aliphatic rings. The molecular formula is C12H19NO. The number of allylic oxidation sites excluding steroid dienone is 2. The molecule has 1 aliphatic heterocycles. The van der Waals surface area contributed by atoms with E-state index in [9.17, 15) is 0 Å². The Morgan fingerprint density at radius 2 is 1.86 bits per heavy atom. The molecule has 0 aromatic heterocycles. The van der Waals surface area contributed by atoms with Gasteiger partial charge in [0, 0.05) is 0 Å². The van der Waals surface area contributed by atoms with Crippen LogP contribution in [-0.2, 0) is 0 Å². The van der Waals surface area contributed by atoms with Gasteiger partial charge >= 0.3 is 0 Å². The molecule has 14 heavy (non-hydrogen) atoms. The topological polar surface area (TPSA) is 32.3 Å². The minimum absolute atomic E-state index is 0.140. The van der Waals surface area contributed by atoms with E-state index in [1.807, 2.05) is 12.2 Å². The van der Waals surface area contributed by atoms with Gasteiger partial charge in [-0.15, -0.1) is 6.58 Å². The first kappa shape index (κ1) is 11.2. The van der Waals surface area contributed by atoms with Crippen molar-refractivity contribution in [2.24, 2.45) is 0 Å². The highest BCUT2D eigenvalue weighted by molar-refractivity contribution is 5.32. The molecule has 2 nitrogen and oxygen atoms in total. The van der Waals surface area contributed by atoms with Gasteiger partial charge in [0.1, 0.15) is 0 Å². The maximum Gasteiger partial charge on any atom is 0.0618 e. The maximum absolute atomic E-state index is 8.91. The van der Waals surface area contributed by atoms with Crippen LogP contribution >= 0.6 is 0 Å². The van der Waals surface area contributed by atoms with Crippen LogP contribution in [0.5, 0.6) is 0 Å². The van der Waals surface area contributed by atoms with Crippen LogP contribution in [0.25, 0.3) is 0 Å². The van der Waals surface area contributed by atoms with Crippen molar-refractivity contribution in [2.45, 2.75) is 19.3 Å². The van der Waals surface area contributed by atoms with E-state index in [-0.39, 0.29) is 6.61 Å². The van der Waals surface area contributed by atoms with Crippen LogP contribution in [-0.4, -0.2) is 24.8 Å². The van der Waals surface area contributed by atoms with Gasteiger partial charge in [0.15, 0.2) is 0 Å². The molecule has 0 amide bonds. The number of aliphatic hydroxyl groups is 1. The molecule has 1 heterocycles. The van der Waals surface area contributed by atoms with E-state index in [0.717, 1.165) is 32.4 Å². The van der Waals surface area contributed by atoms with Crippen molar-refractivity contribution in [3.05, 3.63) is 36.0 Å². The molecule has 2 heteroatoms. The summed E-state index contributed by atoms with van der Waals surface area (Å²) in [5, 5.41) is 12.3. The van der Waals surface area contributed by atoms with Crippen molar-refractivity contribution >= 4 is 0 Å². The lowest BCUT2D eigenvalue weighted by atomic mass is 10.00. The summed E-state index contributed by atoms with van der Waals surface area (Å²) in [6, 6.07) is 0. The van der Waals surface area contributed by atoms with Gasteiger partial charge in [-0.25, -0.2) is 0 Å². The Kier molecular flexibility index (Phi) is 5.27. The van der Waals surface area contributed by atoms with Crippen LogP contribution in [0.4, 0.5) is 0 Å². The van der Waals surface area contributed by atoms with Gasteiger partial charge in [0.05, 0.1) is 6.61 Å². The third kappa shape index (κ3) is 3.48. The summed E-state index contributed by atoms with van der Waals surface area (Å²) in [5.41, 5.74) is 2.66. The average molecular weight is 193 g/mol. The molecule has 78 valence electrons. The van der Waals surface area contributed by atoms with Crippen LogP contribution in [0.15, 0.2) is 36.0 Å². The highest BCUT2D eigenvalue weighted by atomic mass is 16.2. The van der Waals surface area contributed by atoms with Gasteiger partial charge in [-0.3, -0.25) is 0 Å². The largest absolute Gasteiger partial charge is 0.392 e. The van der Waals surface area contributed by atoms with Gasteiger partial charge in [-0.1, -0.05) is 18.2 Å². The predicted molar refractivity (Wildman–Crippen MR) is 60.2 cm³/mol. The summed E-state index contributed by atoms with van der Waals surface area (Å²) < 4.78 is 0. The number of hydrogen-bond donors (Lipinski definition) is 2. The molecular weight excluding hydrogens is 174 g/mol. The van der Waals surface area contributed by atoms with E-state index in [1.165, 1.54) is 11.1 Å². The standard InChI is InChI=1S/C12H19NO/c1-2-3-4-11-5-8-13-9-6-12(11)7-10-14/h2,4,7,13-14H,1,3,5-6,8-10H2/b11-4-,12-7-. The first-order valence-corrected chi connectivity index (χ1v) is 5.19. The van der Waals surface area contributed by atoms with Crippen LogP contribution in [0.2, 0.25) is 0 Å². The molecule has 0 aromatic rings. The van der Waals surface area contributed by atoms with Crippen LogP contribution in [0, 0.1) is 0 Å². The van der Waals surface area contributed by atoms with Crippen molar-refractivity contribution in [3.8, 4) is 0 Å². The Balaban J connectivity index is 2.73. The van der Waals surface area contributed by atoms with Crippen molar-refractivity contribution in [3.63, 3.8) is 0 Å². The lowest BCUT2D eigenvalue weighted by Gasteiger charge is -2.06. The molecule has 2 N–H and O–H groups in total. The highest BCUT2D eigenvalue weighted by Crippen LogP contribution is 2.20. The number of nitrogens with one attached hydrogen (secondary N) is 1. The third-order valence-corrected chi connectivity index (χ3v) is 2.42. The molecule has 0 aromatic carbocycles. The summed E-state index contributed by atoms with van der Waals surface area (Å²) in [6.45, 7) is 5.89. The second-order valence-corrected chi connectivity index (χ2v) is 3.42. The van der Waals surface area contributed by atoms with Crippen molar-refractivity contribution in [1.29, 1.82) is 0 Å². The van der Waals surface area contributed by atoms with E-state index < -0.39 is 0 Å². The fourth-order valence-electron chi connectivity index (χ4n) is 1.69. The summed E-state index contributed by atoms with van der Waals surface area (Å²) in [6.07, 6.45) is 9.02. The lowest BCUT2D eigenvalue weighted by molar-refractivity contribution is 0.341. The molecule has 1 fully saturated rings. The Labute approximate surface area is 86.0 Å². The minimum Gasteiger partial charge on any atom is -0.392 e. The normalized spacial score (nSPS) is 23.8. The zero-order chi connectivity index (χ0) is 10.2. The van der Waals surface area contributed by atoms with Crippen LogP contribution in [0.3, 0.4) is 0 Å². The number of rotatable bonds is 3. The van der Waals surface area contributed by atoms with Gasteiger partial charge in [0.25, 0.3) is 0 Å². The van der Waals surface area contributed by atoms with E-state index in [1.54, 1.807) is 0 Å². The fourth-order valence-corrected chi connectivity index (χ4v) is 1.69. The lowest BCUT2D eigenvalue weighted by Crippen LogP contribution is -2.13. The zero-order valence-electron chi connectivity index (χ0n) is 8.63. The fraction of sp³-hybridized carbons (Fsp3) is 0.500. The van der Waals surface area contributed by atoms with Crippen molar-refractivity contribution in [2.75, 3.05) is 19.7 Å². The van der Waals surface area contributed by atoms with E-state index in [2.05, 4.69) is 18.0 Å². The summed E-state index contributed by atoms with van der Waals surface area (Å²) in [5.74, 6) is 0. The first-order chi connectivity index (χ1) is 6.88. The van der Waals surface area contributed by atoms with Crippen molar-refractivity contribution < 1.29 is 5.11 Å². The van der Waals surface area contributed by atoms with E-state index in [0.29, 0.717) is 0 Å². The van der Waals surface area contributed by atoms with Crippen molar-refractivity contribution in [1.82, 2.24) is 5.32 Å². The minimum atomic E-state index is 0.140. The van der Waals surface area contributed by atoms with E-state index >= 15 is 0 Å². The van der Waals surface area contributed by atoms with Gasteiger partial charge in [-0.05, 0) is 43.5 Å². The zero-order valence-corrected chi connectivity index (χ0v) is 8.63. The third-order valence-electron chi connectivity index (χ3n) is 2.42. The van der Waals surface area contributed by atoms with Crippen LogP contribution in [0.1, 0.15) is 19.3 Å². The summed E-state index contributed by atoms with van der Waals surface area (Å²) >= 11 is 0. The molecule has 0 radical (unpaired) electrons. The molecule has 1 saturated heterocycles. The molecule has 0 bridgehead atoms. The quantitative estimate of drug-likeness (QED) is 0.670. The highest BCUT2D eigenvalue weighted by Gasteiger charge is 2.08.